The lowest BCUT2D eigenvalue weighted by atomic mass is 9.87. The van der Waals surface area contributed by atoms with E-state index in [0.717, 1.165) is 11.6 Å². The molecule has 0 amide bonds. The Morgan fingerprint density at radius 2 is 2.11 bits per heavy atom. The third-order valence-corrected chi connectivity index (χ3v) is 3.66. The van der Waals surface area contributed by atoms with Crippen LogP contribution in [-0.4, -0.2) is 15.6 Å². The summed E-state index contributed by atoms with van der Waals surface area (Å²) >= 11 is 0. The normalized spacial score (nSPS) is 15.4. The fourth-order valence-electron chi connectivity index (χ4n) is 1.89. The summed E-state index contributed by atoms with van der Waals surface area (Å²) in [6, 6.07) is 4.21. The predicted octanol–water partition coefficient (Wildman–Crippen LogP) is 3.13. The van der Waals surface area contributed by atoms with Gasteiger partial charge in [-0.25, -0.2) is 4.98 Å². The number of rotatable bonds is 4. The second-order valence-electron chi connectivity index (χ2n) is 6.10. The largest absolute Gasteiger partial charge is 0.467 e. The van der Waals surface area contributed by atoms with Crippen molar-refractivity contribution < 1.29 is 4.42 Å². The summed E-state index contributed by atoms with van der Waals surface area (Å²) in [7, 11) is 2.00. The van der Waals surface area contributed by atoms with Crippen LogP contribution >= 0.6 is 0 Å². The number of aromatic nitrogens is 2. The van der Waals surface area contributed by atoms with E-state index in [4.69, 9.17) is 4.42 Å². The average Bonchev–Trinajstić information content (AvgIpc) is 2.95. The Balaban J connectivity index is 2.29. The molecule has 4 nitrogen and oxygen atoms in total. The Bertz CT molecular complexity index is 508. The van der Waals surface area contributed by atoms with Crippen molar-refractivity contribution in [1.82, 2.24) is 14.9 Å². The van der Waals surface area contributed by atoms with Crippen molar-refractivity contribution in [1.29, 1.82) is 0 Å². The second-order valence-corrected chi connectivity index (χ2v) is 6.10. The van der Waals surface area contributed by atoms with Crippen molar-refractivity contribution in [2.24, 2.45) is 12.5 Å². The number of aryl methyl sites for hydroxylation is 1. The second kappa shape index (κ2) is 5.21. The molecule has 2 heterocycles. The van der Waals surface area contributed by atoms with Gasteiger partial charge in [0.25, 0.3) is 0 Å². The molecule has 2 rings (SSSR count). The standard InChI is InChI=1S/C15H23N3O/c1-11(15(2,3)4)17-13(12-7-6-10-19-12)14-16-8-9-18(14)5/h6-11,13,17H,1-5H3. The van der Waals surface area contributed by atoms with E-state index >= 15 is 0 Å². The minimum absolute atomic E-state index is 0.0239. The molecule has 0 radical (unpaired) electrons. The van der Waals surface area contributed by atoms with Crippen LogP contribution in [0.3, 0.4) is 0 Å². The molecule has 0 aliphatic heterocycles. The van der Waals surface area contributed by atoms with Crippen LogP contribution in [0, 0.1) is 5.41 Å². The summed E-state index contributed by atoms with van der Waals surface area (Å²) in [5, 5.41) is 3.63. The van der Waals surface area contributed by atoms with Crippen LogP contribution in [0.25, 0.3) is 0 Å². The van der Waals surface area contributed by atoms with Gasteiger partial charge in [0, 0.05) is 25.5 Å². The van der Waals surface area contributed by atoms with Crippen molar-refractivity contribution in [3.05, 3.63) is 42.4 Å². The first-order valence-corrected chi connectivity index (χ1v) is 6.66. The highest BCUT2D eigenvalue weighted by atomic mass is 16.3. The molecule has 2 aromatic rings. The molecule has 2 unspecified atom stereocenters. The molecular weight excluding hydrogens is 238 g/mol. The van der Waals surface area contributed by atoms with E-state index in [0.29, 0.717) is 6.04 Å². The summed E-state index contributed by atoms with van der Waals surface area (Å²) in [6.07, 6.45) is 5.47. The summed E-state index contributed by atoms with van der Waals surface area (Å²) in [6.45, 7) is 8.87. The van der Waals surface area contributed by atoms with Gasteiger partial charge in [-0.3, -0.25) is 5.32 Å². The van der Waals surface area contributed by atoms with Gasteiger partial charge in [-0.2, -0.15) is 0 Å². The zero-order valence-electron chi connectivity index (χ0n) is 12.3. The number of nitrogens with zero attached hydrogens (tertiary/aromatic N) is 2. The minimum Gasteiger partial charge on any atom is -0.467 e. The Morgan fingerprint density at radius 3 is 2.58 bits per heavy atom. The van der Waals surface area contributed by atoms with E-state index in [1.54, 1.807) is 6.26 Å². The van der Waals surface area contributed by atoms with Crippen LogP contribution in [0.2, 0.25) is 0 Å². The van der Waals surface area contributed by atoms with Crippen LogP contribution in [0.15, 0.2) is 35.2 Å². The smallest absolute Gasteiger partial charge is 0.133 e. The van der Waals surface area contributed by atoms with Crippen LogP contribution in [-0.2, 0) is 7.05 Å². The number of imidazole rings is 1. The van der Waals surface area contributed by atoms with Crippen LogP contribution in [0.5, 0.6) is 0 Å². The van der Waals surface area contributed by atoms with Crippen LogP contribution in [0.4, 0.5) is 0 Å². The lowest BCUT2D eigenvalue weighted by Gasteiger charge is -2.31. The van der Waals surface area contributed by atoms with E-state index in [-0.39, 0.29) is 11.5 Å². The van der Waals surface area contributed by atoms with E-state index < -0.39 is 0 Å². The molecule has 0 aromatic carbocycles. The zero-order chi connectivity index (χ0) is 14.0. The molecule has 0 saturated carbocycles. The molecule has 0 saturated heterocycles. The summed E-state index contributed by atoms with van der Waals surface area (Å²) in [5.74, 6) is 1.86. The molecule has 1 N–H and O–H groups in total. The maximum Gasteiger partial charge on any atom is 0.133 e. The van der Waals surface area contributed by atoms with Gasteiger partial charge in [0.15, 0.2) is 0 Å². The molecule has 104 valence electrons. The maximum absolute atomic E-state index is 5.57. The molecule has 19 heavy (non-hydrogen) atoms. The van der Waals surface area contributed by atoms with Gasteiger partial charge in [-0.05, 0) is 24.5 Å². The highest BCUT2D eigenvalue weighted by Crippen LogP contribution is 2.26. The van der Waals surface area contributed by atoms with Gasteiger partial charge < -0.3 is 8.98 Å². The molecule has 0 fully saturated rings. The molecule has 2 atom stereocenters. The molecule has 0 bridgehead atoms. The van der Waals surface area contributed by atoms with Gasteiger partial charge in [0.05, 0.1) is 6.26 Å². The monoisotopic (exact) mass is 261 g/mol. The Labute approximate surface area is 114 Å². The molecule has 0 spiro atoms. The van der Waals surface area contributed by atoms with E-state index in [9.17, 15) is 0 Å². The van der Waals surface area contributed by atoms with Gasteiger partial charge >= 0.3 is 0 Å². The minimum atomic E-state index is -0.0239. The third-order valence-electron chi connectivity index (χ3n) is 3.66. The fourth-order valence-corrected chi connectivity index (χ4v) is 1.89. The molecule has 4 heteroatoms. The van der Waals surface area contributed by atoms with Crippen LogP contribution < -0.4 is 5.32 Å². The highest BCUT2D eigenvalue weighted by Gasteiger charge is 2.27. The first-order chi connectivity index (χ1) is 8.89. The van der Waals surface area contributed by atoms with E-state index in [1.807, 2.05) is 36.1 Å². The summed E-state index contributed by atoms with van der Waals surface area (Å²) in [5.41, 5.74) is 0.177. The van der Waals surface area contributed by atoms with E-state index in [2.05, 4.69) is 38.0 Å². The van der Waals surface area contributed by atoms with Crippen molar-refractivity contribution in [3.8, 4) is 0 Å². The highest BCUT2D eigenvalue weighted by molar-refractivity contribution is 5.16. The van der Waals surface area contributed by atoms with E-state index in [1.165, 1.54) is 0 Å². The Morgan fingerprint density at radius 1 is 1.37 bits per heavy atom. The van der Waals surface area contributed by atoms with Gasteiger partial charge in [-0.1, -0.05) is 20.8 Å². The molecule has 0 aliphatic rings. The lowest BCUT2D eigenvalue weighted by Crippen LogP contribution is -2.41. The van der Waals surface area contributed by atoms with Gasteiger partial charge in [-0.15, -0.1) is 0 Å². The number of hydrogen-bond acceptors (Lipinski definition) is 3. The Kier molecular flexibility index (Phi) is 3.80. The van der Waals surface area contributed by atoms with Crippen molar-refractivity contribution in [2.45, 2.75) is 39.8 Å². The molecular formula is C15H23N3O. The first kappa shape index (κ1) is 13.9. The topological polar surface area (TPSA) is 43.0 Å². The molecule has 0 aliphatic carbocycles. The number of hydrogen-bond donors (Lipinski definition) is 1. The SMILES string of the molecule is CC(NC(c1ccco1)c1nccn1C)C(C)(C)C. The van der Waals surface area contributed by atoms with Crippen molar-refractivity contribution in [3.63, 3.8) is 0 Å². The maximum atomic E-state index is 5.57. The first-order valence-electron chi connectivity index (χ1n) is 6.66. The molecule has 2 aromatic heterocycles. The lowest BCUT2D eigenvalue weighted by molar-refractivity contribution is 0.259. The average molecular weight is 261 g/mol. The third kappa shape index (κ3) is 3.07. The van der Waals surface area contributed by atoms with Gasteiger partial charge in [0.1, 0.15) is 17.6 Å². The van der Waals surface area contributed by atoms with Crippen molar-refractivity contribution in [2.75, 3.05) is 0 Å². The van der Waals surface area contributed by atoms with Gasteiger partial charge in [0.2, 0.25) is 0 Å². The van der Waals surface area contributed by atoms with Crippen molar-refractivity contribution >= 4 is 0 Å². The quantitative estimate of drug-likeness (QED) is 0.919. The Hall–Kier alpha value is -1.55. The number of nitrogens with one attached hydrogen (secondary N) is 1. The summed E-state index contributed by atoms with van der Waals surface area (Å²) < 4.78 is 7.60. The summed E-state index contributed by atoms with van der Waals surface area (Å²) in [4.78, 5) is 4.45. The fraction of sp³-hybridized carbons (Fsp3) is 0.533. The van der Waals surface area contributed by atoms with Crippen LogP contribution in [0.1, 0.15) is 45.3 Å². The number of furan rings is 1. The zero-order valence-corrected chi connectivity index (χ0v) is 12.3. The predicted molar refractivity (Wildman–Crippen MR) is 75.8 cm³/mol.